The molecule has 2 atom stereocenters. The van der Waals surface area contributed by atoms with Gasteiger partial charge in [0.2, 0.25) is 11.8 Å². The highest BCUT2D eigenvalue weighted by Gasteiger charge is 2.64. The Labute approximate surface area is 125 Å². The van der Waals surface area contributed by atoms with E-state index in [9.17, 15) is 9.59 Å². The predicted molar refractivity (Wildman–Crippen MR) is 81.4 cm³/mol. The average molecular weight is 286 g/mol. The van der Waals surface area contributed by atoms with Gasteiger partial charge in [0.15, 0.2) is 0 Å². The Balaban J connectivity index is 1.81. The first-order chi connectivity index (χ1) is 9.88. The van der Waals surface area contributed by atoms with Crippen molar-refractivity contribution in [2.75, 3.05) is 12.0 Å². The van der Waals surface area contributed by atoms with Crippen LogP contribution in [0.15, 0.2) is 30.3 Å². The average Bonchev–Trinajstić information content (AvgIpc) is 2.65. The summed E-state index contributed by atoms with van der Waals surface area (Å²) >= 11 is 0. The van der Waals surface area contributed by atoms with Gasteiger partial charge < -0.3 is 5.32 Å². The van der Waals surface area contributed by atoms with Gasteiger partial charge in [-0.1, -0.05) is 39.0 Å². The number of anilines is 1. The lowest BCUT2D eigenvalue weighted by atomic mass is 9.62. The zero-order chi connectivity index (χ0) is 15.3. The van der Waals surface area contributed by atoms with Crippen molar-refractivity contribution in [1.29, 1.82) is 0 Å². The number of nitrogens with one attached hydrogen (secondary N) is 1. The Morgan fingerprint density at radius 2 is 1.86 bits per heavy atom. The fourth-order valence-electron chi connectivity index (χ4n) is 3.78. The molecule has 2 amide bonds. The Morgan fingerprint density at radius 1 is 1.19 bits per heavy atom. The summed E-state index contributed by atoms with van der Waals surface area (Å²) in [6, 6.07) is 9.65. The lowest BCUT2D eigenvalue weighted by Crippen LogP contribution is -2.59. The van der Waals surface area contributed by atoms with E-state index in [1.807, 2.05) is 37.3 Å². The van der Waals surface area contributed by atoms with Gasteiger partial charge in [-0.25, -0.2) is 0 Å². The SMILES string of the molecule is CC1(C)[C@@H]2CC[C@]1(C)C(=O)N(CNc1ccccc1)C2=O. The number of benzene rings is 1. The lowest BCUT2D eigenvalue weighted by Gasteiger charge is -2.47. The molecule has 4 heteroatoms. The number of rotatable bonds is 3. The molecule has 1 N–H and O–H groups in total. The van der Waals surface area contributed by atoms with E-state index in [0.29, 0.717) is 0 Å². The molecule has 1 heterocycles. The highest BCUT2D eigenvalue weighted by Crippen LogP contribution is 2.59. The summed E-state index contributed by atoms with van der Waals surface area (Å²) in [7, 11) is 0. The third kappa shape index (κ3) is 1.88. The summed E-state index contributed by atoms with van der Waals surface area (Å²) in [5, 5.41) is 3.17. The normalized spacial score (nSPS) is 30.6. The van der Waals surface area contributed by atoms with E-state index in [1.54, 1.807) is 0 Å². The van der Waals surface area contributed by atoms with E-state index in [-0.39, 0.29) is 29.8 Å². The third-order valence-electron chi connectivity index (χ3n) is 5.72. The van der Waals surface area contributed by atoms with Crippen LogP contribution in [0.2, 0.25) is 0 Å². The summed E-state index contributed by atoms with van der Waals surface area (Å²) in [6.45, 7) is 6.38. The first kappa shape index (κ1) is 14.1. The van der Waals surface area contributed by atoms with Crippen LogP contribution in [0.4, 0.5) is 5.69 Å². The number of hydrogen-bond acceptors (Lipinski definition) is 3. The van der Waals surface area contributed by atoms with Crippen molar-refractivity contribution in [3.63, 3.8) is 0 Å². The minimum absolute atomic E-state index is 0.0246. The number of imide groups is 1. The van der Waals surface area contributed by atoms with Crippen molar-refractivity contribution in [2.45, 2.75) is 33.6 Å². The van der Waals surface area contributed by atoms with Gasteiger partial charge in [0, 0.05) is 11.6 Å². The van der Waals surface area contributed by atoms with E-state index in [1.165, 1.54) is 4.90 Å². The van der Waals surface area contributed by atoms with E-state index >= 15 is 0 Å². The molecule has 112 valence electrons. The number of hydrogen-bond donors (Lipinski definition) is 1. The maximum absolute atomic E-state index is 12.8. The fraction of sp³-hybridized carbons (Fsp3) is 0.529. The van der Waals surface area contributed by atoms with Gasteiger partial charge in [-0.15, -0.1) is 0 Å². The molecule has 1 aliphatic carbocycles. The zero-order valence-electron chi connectivity index (χ0n) is 12.8. The molecular formula is C17H22N2O2. The molecular weight excluding hydrogens is 264 g/mol. The molecule has 2 bridgehead atoms. The summed E-state index contributed by atoms with van der Waals surface area (Å²) in [4.78, 5) is 26.9. The minimum Gasteiger partial charge on any atom is -0.367 e. The smallest absolute Gasteiger partial charge is 0.237 e. The first-order valence-electron chi connectivity index (χ1n) is 7.53. The van der Waals surface area contributed by atoms with Gasteiger partial charge in [0.1, 0.15) is 0 Å². The highest BCUT2D eigenvalue weighted by atomic mass is 16.2. The number of likely N-dealkylation sites (tertiary alicyclic amines) is 1. The molecule has 1 saturated heterocycles. The molecule has 1 aromatic carbocycles. The van der Waals surface area contributed by atoms with Crippen LogP contribution >= 0.6 is 0 Å². The Hall–Kier alpha value is -1.84. The third-order valence-corrected chi connectivity index (χ3v) is 5.72. The maximum atomic E-state index is 12.8. The molecule has 2 aliphatic rings. The predicted octanol–water partition coefficient (Wildman–Crippen LogP) is 2.87. The van der Waals surface area contributed by atoms with E-state index < -0.39 is 5.41 Å². The van der Waals surface area contributed by atoms with Gasteiger partial charge in [0.25, 0.3) is 0 Å². The first-order valence-corrected chi connectivity index (χ1v) is 7.53. The van der Waals surface area contributed by atoms with Crippen LogP contribution in [-0.2, 0) is 9.59 Å². The second-order valence-electron chi connectivity index (χ2n) is 6.92. The minimum atomic E-state index is -0.427. The summed E-state index contributed by atoms with van der Waals surface area (Å²) in [5.41, 5.74) is 0.245. The van der Waals surface area contributed by atoms with Crippen molar-refractivity contribution in [3.05, 3.63) is 30.3 Å². The summed E-state index contributed by atoms with van der Waals surface area (Å²) in [5.74, 6) is -0.101. The molecule has 0 unspecified atom stereocenters. The second-order valence-corrected chi connectivity index (χ2v) is 6.92. The Morgan fingerprint density at radius 3 is 2.52 bits per heavy atom. The van der Waals surface area contributed by atoms with Crippen molar-refractivity contribution in [3.8, 4) is 0 Å². The highest BCUT2D eigenvalue weighted by molar-refractivity contribution is 6.03. The molecule has 2 fully saturated rings. The molecule has 0 radical (unpaired) electrons. The van der Waals surface area contributed by atoms with Crippen molar-refractivity contribution in [2.24, 2.45) is 16.7 Å². The fourth-order valence-corrected chi connectivity index (χ4v) is 3.78. The monoisotopic (exact) mass is 286 g/mol. The Kier molecular flexibility index (Phi) is 3.08. The maximum Gasteiger partial charge on any atom is 0.237 e. The van der Waals surface area contributed by atoms with Gasteiger partial charge in [0.05, 0.1) is 12.1 Å². The topological polar surface area (TPSA) is 49.4 Å². The van der Waals surface area contributed by atoms with Crippen LogP contribution in [-0.4, -0.2) is 23.4 Å². The number of fused-ring (bicyclic) bond motifs is 2. The Bertz CT molecular complexity index is 582. The lowest BCUT2D eigenvalue weighted by molar-refractivity contribution is -0.167. The van der Waals surface area contributed by atoms with Crippen LogP contribution in [0.25, 0.3) is 0 Å². The van der Waals surface area contributed by atoms with Crippen LogP contribution < -0.4 is 5.32 Å². The van der Waals surface area contributed by atoms with Gasteiger partial charge in [-0.05, 0) is 30.4 Å². The molecule has 1 saturated carbocycles. The molecule has 4 nitrogen and oxygen atoms in total. The van der Waals surface area contributed by atoms with Gasteiger partial charge >= 0.3 is 0 Å². The largest absolute Gasteiger partial charge is 0.367 e. The van der Waals surface area contributed by atoms with Crippen LogP contribution in [0, 0.1) is 16.7 Å². The standard InChI is InChI=1S/C17H22N2O2/c1-16(2)13-9-10-17(16,3)15(21)19(14(13)20)11-18-12-7-5-4-6-8-12/h4-8,13,18H,9-11H2,1-3H3/t13-,17-/m1/s1. The number of amides is 2. The van der Waals surface area contributed by atoms with Crippen LogP contribution in [0.3, 0.4) is 0 Å². The molecule has 0 spiro atoms. The quantitative estimate of drug-likeness (QED) is 0.869. The number of piperidine rings is 1. The number of carbonyl (C=O) groups is 2. The van der Waals surface area contributed by atoms with Crippen molar-refractivity contribution >= 4 is 17.5 Å². The molecule has 1 aromatic rings. The molecule has 3 rings (SSSR count). The summed E-state index contributed by atoms with van der Waals surface area (Å²) < 4.78 is 0. The zero-order valence-corrected chi connectivity index (χ0v) is 12.8. The van der Waals surface area contributed by atoms with E-state index in [2.05, 4.69) is 19.2 Å². The van der Waals surface area contributed by atoms with Gasteiger partial charge in [-0.3, -0.25) is 14.5 Å². The second kappa shape index (κ2) is 4.58. The molecule has 1 aliphatic heterocycles. The number of nitrogens with zero attached hydrogens (tertiary/aromatic N) is 1. The van der Waals surface area contributed by atoms with Gasteiger partial charge in [-0.2, -0.15) is 0 Å². The number of para-hydroxylation sites is 1. The van der Waals surface area contributed by atoms with Crippen LogP contribution in [0.5, 0.6) is 0 Å². The van der Waals surface area contributed by atoms with E-state index in [0.717, 1.165) is 18.5 Å². The van der Waals surface area contributed by atoms with Crippen molar-refractivity contribution < 1.29 is 9.59 Å². The molecule has 21 heavy (non-hydrogen) atoms. The number of carbonyl (C=O) groups excluding carboxylic acids is 2. The van der Waals surface area contributed by atoms with E-state index in [4.69, 9.17) is 0 Å². The summed E-state index contributed by atoms with van der Waals surface area (Å²) in [6.07, 6.45) is 1.62. The van der Waals surface area contributed by atoms with Crippen LogP contribution in [0.1, 0.15) is 33.6 Å². The van der Waals surface area contributed by atoms with Crippen molar-refractivity contribution in [1.82, 2.24) is 4.90 Å². The molecule has 0 aromatic heterocycles.